The molecular formula is C10H18N4O3S. The maximum absolute atomic E-state index is 12.2. The van der Waals surface area contributed by atoms with Gasteiger partial charge >= 0.3 is 0 Å². The Bertz CT molecular complexity index is 500. The van der Waals surface area contributed by atoms with Crippen molar-refractivity contribution in [2.24, 2.45) is 13.0 Å². The molecule has 2 heterocycles. The molecule has 3 N–H and O–H groups in total. The summed E-state index contributed by atoms with van der Waals surface area (Å²) in [5, 5.41) is 0.00765. The molecule has 1 aromatic rings. The number of nitrogens with zero attached hydrogens (tertiary/aromatic N) is 2. The number of aryl methyl sites for hydroxylation is 1. The number of aromatic nitrogens is 2. The third-order valence-corrected chi connectivity index (χ3v) is 4.87. The van der Waals surface area contributed by atoms with Crippen LogP contribution in [0.5, 0.6) is 0 Å². The van der Waals surface area contributed by atoms with Gasteiger partial charge in [-0.1, -0.05) is 0 Å². The standard InChI is InChI=1S/C10H18N4O3S/c1-7(8-3-4-17-5-8)13-18(15,16)10-9(11)12-6-14(10)2/h6-8,13H,3-5,11H2,1-2H3. The van der Waals surface area contributed by atoms with E-state index in [1.165, 1.54) is 10.9 Å². The van der Waals surface area contributed by atoms with E-state index < -0.39 is 10.0 Å². The van der Waals surface area contributed by atoms with Gasteiger partial charge in [-0.3, -0.25) is 0 Å². The molecular weight excluding hydrogens is 256 g/mol. The molecule has 102 valence electrons. The molecule has 1 fully saturated rings. The second kappa shape index (κ2) is 4.87. The van der Waals surface area contributed by atoms with Gasteiger partial charge in [-0.05, 0) is 13.3 Å². The molecule has 2 unspecified atom stereocenters. The van der Waals surface area contributed by atoms with Gasteiger partial charge in [-0.2, -0.15) is 0 Å². The van der Waals surface area contributed by atoms with Gasteiger partial charge in [0.1, 0.15) is 0 Å². The first-order chi connectivity index (χ1) is 8.42. The minimum Gasteiger partial charge on any atom is -0.381 e. The SMILES string of the molecule is CC(NS(=O)(=O)c1c(N)ncn1C)C1CCOC1. The van der Waals surface area contributed by atoms with Crippen LogP contribution in [0.3, 0.4) is 0 Å². The summed E-state index contributed by atoms with van der Waals surface area (Å²) in [5.74, 6) is 0.217. The highest BCUT2D eigenvalue weighted by molar-refractivity contribution is 7.89. The van der Waals surface area contributed by atoms with Crippen molar-refractivity contribution < 1.29 is 13.2 Å². The summed E-state index contributed by atoms with van der Waals surface area (Å²) in [4.78, 5) is 3.78. The second-order valence-corrected chi connectivity index (χ2v) is 6.21. The molecule has 7 nitrogen and oxygen atoms in total. The first kappa shape index (κ1) is 13.3. The highest BCUT2D eigenvalue weighted by atomic mass is 32.2. The number of hydrogen-bond donors (Lipinski definition) is 2. The van der Waals surface area contributed by atoms with E-state index in [0.29, 0.717) is 13.2 Å². The predicted octanol–water partition coefficient (Wildman–Crippen LogP) is -0.294. The number of sulfonamides is 1. The van der Waals surface area contributed by atoms with Crippen molar-refractivity contribution in [1.29, 1.82) is 0 Å². The van der Waals surface area contributed by atoms with Crippen LogP contribution in [0.4, 0.5) is 5.82 Å². The average molecular weight is 274 g/mol. The molecule has 0 aliphatic carbocycles. The Morgan fingerprint density at radius 1 is 1.67 bits per heavy atom. The molecule has 0 aromatic carbocycles. The largest absolute Gasteiger partial charge is 0.381 e. The van der Waals surface area contributed by atoms with Crippen LogP contribution < -0.4 is 10.5 Å². The first-order valence-corrected chi connectivity index (χ1v) is 7.27. The maximum Gasteiger partial charge on any atom is 0.260 e. The summed E-state index contributed by atoms with van der Waals surface area (Å²) in [6.45, 7) is 3.11. The number of rotatable bonds is 4. The summed E-state index contributed by atoms with van der Waals surface area (Å²) >= 11 is 0. The number of imidazole rings is 1. The topological polar surface area (TPSA) is 99.2 Å². The Labute approximate surface area is 106 Å². The molecule has 8 heteroatoms. The molecule has 1 saturated heterocycles. The summed E-state index contributed by atoms with van der Waals surface area (Å²) in [6, 6.07) is -0.188. The van der Waals surface area contributed by atoms with Crippen molar-refractivity contribution in [3.05, 3.63) is 6.33 Å². The summed E-state index contributed by atoms with van der Waals surface area (Å²) < 4.78 is 33.7. The molecule has 2 atom stereocenters. The molecule has 0 bridgehead atoms. The minimum atomic E-state index is -3.65. The number of hydrogen-bond acceptors (Lipinski definition) is 5. The lowest BCUT2D eigenvalue weighted by molar-refractivity contribution is 0.180. The highest BCUT2D eigenvalue weighted by Gasteiger charge is 2.29. The maximum atomic E-state index is 12.2. The smallest absolute Gasteiger partial charge is 0.260 e. The van der Waals surface area contributed by atoms with E-state index in [1.54, 1.807) is 7.05 Å². The lowest BCUT2D eigenvalue weighted by Gasteiger charge is -2.19. The molecule has 0 amide bonds. The summed E-state index contributed by atoms with van der Waals surface area (Å²) in [5.41, 5.74) is 5.58. The van der Waals surface area contributed by atoms with Crippen LogP contribution in [0.1, 0.15) is 13.3 Å². The van der Waals surface area contributed by atoms with Crippen LogP contribution in [0, 0.1) is 5.92 Å². The highest BCUT2D eigenvalue weighted by Crippen LogP contribution is 2.20. The Kier molecular flexibility index (Phi) is 3.60. The molecule has 2 rings (SSSR count). The van der Waals surface area contributed by atoms with Crippen molar-refractivity contribution in [3.8, 4) is 0 Å². The Morgan fingerprint density at radius 2 is 2.39 bits per heavy atom. The average Bonchev–Trinajstić information content (AvgIpc) is 2.87. The van der Waals surface area contributed by atoms with Crippen molar-refractivity contribution in [2.45, 2.75) is 24.4 Å². The molecule has 0 saturated carbocycles. The monoisotopic (exact) mass is 274 g/mol. The van der Waals surface area contributed by atoms with Gasteiger partial charge < -0.3 is 15.0 Å². The van der Waals surface area contributed by atoms with Crippen LogP contribution in [0.15, 0.2) is 11.4 Å². The minimum absolute atomic E-state index is 0.00765. The van der Waals surface area contributed by atoms with E-state index in [1.807, 2.05) is 6.92 Å². The van der Waals surface area contributed by atoms with Crippen molar-refractivity contribution in [2.75, 3.05) is 18.9 Å². The summed E-state index contributed by atoms with van der Waals surface area (Å²) in [6.07, 6.45) is 2.25. The summed E-state index contributed by atoms with van der Waals surface area (Å²) in [7, 11) is -2.05. The van der Waals surface area contributed by atoms with Crippen LogP contribution in [-0.4, -0.2) is 37.2 Å². The zero-order valence-electron chi connectivity index (χ0n) is 10.5. The van der Waals surface area contributed by atoms with Crippen LogP contribution in [0.25, 0.3) is 0 Å². The van der Waals surface area contributed by atoms with Gasteiger partial charge in [-0.15, -0.1) is 0 Å². The Hall–Kier alpha value is -1.12. The molecule has 18 heavy (non-hydrogen) atoms. The lowest BCUT2D eigenvalue weighted by atomic mass is 10.0. The molecule has 1 aliphatic heterocycles. The van der Waals surface area contributed by atoms with Gasteiger partial charge in [0.25, 0.3) is 10.0 Å². The van der Waals surface area contributed by atoms with E-state index in [0.717, 1.165) is 6.42 Å². The zero-order chi connectivity index (χ0) is 13.3. The van der Waals surface area contributed by atoms with Gasteiger partial charge in [0.2, 0.25) is 0 Å². The molecule has 0 radical (unpaired) electrons. The normalized spacial score (nSPS) is 22.2. The van der Waals surface area contributed by atoms with Crippen LogP contribution >= 0.6 is 0 Å². The Balaban J connectivity index is 2.17. The van der Waals surface area contributed by atoms with Gasteiger partial charge in [0.05, 0.1) is 12.9 Å². The number of nitrogen functional groups attached to an aromatic ring is 1. The fourth-order valence-electron chi connectivity index (χ4n) is 2.11. The molecule has 1 aliphatic rings. The van der Waals surface area contributed by atoms with Gasteiger partial charge in [-0.25, -0.2) is 18.1 Å². The first-order valence-electron chi connectivity index (χ1n) is 5.78. The molecule has 0 spiro atoms. The van der Waals surface area contributed by atoms with E-state index >= 15 is 0 Å². The third-order valence-electron chi connectivity index (χ3n) is 3.18. The van der Waals surface area contributed by atoms with Crippen molar-refractivity contribution >= 4 is 15.8 Å². The number of ether oxygens (including phenoxy) is 1. The number of nitrogens with one attached hydrogen (secondary N) is 1. The van der Waals surface area contributed by atoms with Crippen LogP contribution in [-0.2, 0) is 21.8 Å². The van der Waals surface area contributed by atoms with Gasteiger partial charge in [0.15, 0.2) is 10.8 Å². The molecule has 1 aromatic heterocycles. The van der Waals surface area contributed by atoms with Crippen molar-refractivity contribution in [3.63, 3.8) is 0 Å². The van der Waals surface area contributed by atoms with Crippen molar-refractivity contribution in [1.82, 2.24) is 14.3 Å². The van der Waals surface area contributed by atoms with E-state index in [-0.39, 0.29) is 22.8 Å². The fourth-order valence-corrected chi connectivity index (χ4v) is 3.66. The van der Waals surface area contributed by atoms with E-state index in [4.69, 9.17) is 10.5 Å². The van der Waals surface area contributed by atoms with Gasteiger partial charge in [0, 0.05) is 25.6 Å². The quantitative estimate of drug-likeness (QED) is 0.785. The second-order valence-electron chi connectivity index (χ2n) is 4.58. The lowest BCUT2D eigenvalue weighted by Crippen LogP contribution is -2.39. The Morgan fingerprint density at radius 3 is 2.89 bits per heavy atom. The van der Waals surface area contributed by atoms with E-state index in [9.17, 15) is 8.42 Å². The fraction of sp³-hybridized carbons (Fsp3) is 0.700. The predicted molar refractivity (Wildman–Crippen MR) is 66.3 cm³/mol. The number of anilines is 1. The third kappa shape index (κ3) is 2.50. The van der Waals surface area contributed by atoms with E-state index in [2.05, 4.69) is 9.71 Å². The zero-order valence-corrected chi connectivity index (χ0v) is 11.3. The number of nitrogens with two attached hydrogens (primary N) is 1. The van der Waals surface area contributed by atoms with Crippen LogP contribution in [0.2, 0.25) is 0 Å².